The number of anilines is 4. The topological polar surface area (TPSA) is 33.7 Å². The fourth-order valence-corrected chi connectivity index (χ4v) is 4.74. The van der Waals surface area contributed by atoms with Gasteiger partial charge in [0.05, 0.1) is 19.8 Å². The predicted octanol–water partition coefficient (Wildman–Crippen LogP) is 8.55. The highest BCUT2D eigenvalue weighted by Crippen LogP contribution is 2.38. The molecular formula is C34H32N2O2. The molecule has 0 bridgehead atoms. The molecular weight excluding hydrogens is 468 g/mol. The minimum absolute atomic E-state index is 0.487. The molecule has 0 saturated carbocycles. The summed E-state index contributed by atoms with van der Waals surface area (Å²) in [5.74, 6) is 1.66. The lowest BCUT2D eigenvalue weighted by atomic mass is 9.84. The number of rotatable bonds is 9. The summed E-state index contributed by atoms with van der Waals surface area (Å²) < 4.78 is 10.8. The molecule has 0 aliphatic carbocycles. The van der Waals surface area contributed by atoms with Crippen LogP contribution in [0.2, 0.25) is 0 Å². The van der Waals surface area contributed by atoms with Crippen LogP contribution in [0, 0.1) is 0 Å². The highest BCUT2D eigenvalue weighted by Gasteiger charge is 2.29. The van der Waals surface area contributed by atoms with Gasteiger partial charge in [-0.05, 0) is 90.8 Å². The van der Waals surface area contributed by atoms with Gasteiger partial charge in [0.1, 0.15) is 11.5 Å². The lowest BCUT2D eigenvalue weighted by Crippen LogP contribution is -2.33. The maximum atomic E-state index is 5.40. The number of ether oxygens (including phenoxy) is 2. The van der Waals surface area contributed by atoms with Crippen molar-refractivity contribution in [3.8, 4) is 11.5 Å². The molecule has 5 aromatic rings. The van der Waals surface area contributed by atoms with Gasteiger partial charge in [0.25, 0.3) is 0 Å². The van der Waals surface area contributed by atoms with E-state index in [1.54, 1.807) is 14.2 Å². The van der Waals surface area contributed by atoms with Gasteiger partial charge in [-0.25, -0.2) is 0 Å². The van der Waals surface area contributed by atoms with E-state index in [4.69, 9.17) is 9.47 Å². The second-order valence-electron chi connectivity index (χ2n) is 9.26. The fourth-order valence-electron chi connectivity index (χ4n) is 4.74. The smallest absolute Gasteiger partial charge is 0.118 e. The third-order valence-corrected chi connectivity index (χ3v) is 6.88. The van der Waals surface area contributed by atoms with Gasteiger partial charge in [-0.15, -0.1) is 0 Å². The second-order valence-corrected chi connectivity index (χ2v) is 9.26. The molecule has 5 rings (SSSR count). The first kappa shape index (κ1) is 25.0. The van der Waals surface area contributed by atoms with Gasteiger partial charge >= 0.3 is 0 Å². The molecule has 0 saturated heterocycles. The van der Waals surface area contributed by atoms with Crippen LogP contribution in [0.4, 0.5) is 22.7 Å². The van der Waals surface area contributed by atoms with Crippen molar-refractivity contribution in [2.24, 2.45) is 0 Å². The van der Waals surface area contributed by atoms with Gasteiger partial charge in [0.2, 0.25) is 0 Å². The zero-order valence-corrected chi connectivity index (χ0v) is 22.0. The summed E-state index contributed by atoms with van der Waals surface area (Å²) in [5.41, 5.74) is 6.10. The van der Waals surface area contributed by atoms with Crippen molar-refractivity contribution in [2.75, 3.05) is 24.4 Å². The monoisotopic (exact) mass is 500 g/mol. The van der Waals surface area contributed by atoms with Gasteiger partial charge in [-0.2, -0.15) is 0 Å². The summed E-state index contributed by atoms with van der Waals surface area (Å²) in [6, 6.07) is 45.9. The quantitative estimate of drug-likeness (QED) is 0.220. The maximum Gasteiger partial charge on any atom is 0.118 e. The summed E-state index contributed by atoms with van der Waals surface area (Å²) in [6.45, 7) is 2.20. The Morgan fingerprint density at radius 2 is 0.895 bits per heavy atom. The second kappa shape index (κ2) is 11.1. The van der Waals surface area contributed by atoms with Crippen LogP contribution in [0.1, 0.15) is 18.1 Å². The molecule has 38 heavy (non-hydrogen) atoms. The van der Waals surface area contributed by atoms with E-state index in [0.717, 1.165) is 45.4 Å². The number of nitrogens with one attached hydrogen (secondary N) is 1. The first-order valence-corrected chi connectivity index (χ1v) is 12.7. The van der Waals surface area contributed by atoms with Gasteiger partial charge in [-0.1, -0.05) is 60.7 Å². The number of benzene rings is 5. The minimum Gasteiger partial charge on any atom is -0.497 e. The van der Waals surface area contributed by atoms with Crippen molar-refractivity contribution in [1.82, 2.24) is 0 Å². The van der Waals surface area contributed by atoms with Crippen molar-refractivity contribution >= 4 is 22.7 Å². The predicted molar refractivity (Wildman–Crippen MR) is 157 cm³/mol. The highest BCUT2D eigenvalue weighted by atomic mass is 16.5. The number of para-hydroxylation sites is 2. The molecule has 0 heterocycles. The molecule has 0 fully saturated rings. The first-order chi connectivity index (χ1) is 18.6. The molecule has 0 aliphatic rings. The Morgan fingerprint density at radius 3 is 1.29 bits per heavy atom. The van der Waals surface area contributed by atoms with Crippen LogP contribution >= 0.6 is 0 Å². The van der Waals surface area contributed by atoms with E-state index in [-0.39, 0.29) is 0 Å². The van der Waals surface area contributed by atoms with Gasteiger partial charge < -0.3 is 19.7 Å². The number of hydrogen-bond acceptors (Lipinski definition) is 4. The summed E-state index contributed by atoms with van der Waals surface area (Å²) >= 11 is 0. The average Bonchev–Trinajstić information content (AvgIpc) is 2.99. The standard InChI is InChI=1S/C34H32N2O2/c1-34(26-14-22-32(37-2)23-15-26,27-16-24-33(38-3)25-17-27)35-28-18-20-31(21-19-28)36(29-10-6-4-7-11-29)30-12-8-5-9-13-30/h4-25,35H,1-3H3. The van der Waals surface area contributed by atoms with Gasteiger partial charge in [0, 0.05) is 22.7 Å². The van der Waals surface area contributed by atoms with E-state index in [2.05, 4.69) is 114 Å². The molecule has 190 valence electrons. The van der Waals surface area contributed by atoms with Crippen molar-refractivity contribution in [1.29, 1.82) is 0 Å². The molecule has 0 spiro atoms. The Labute approximate surface area is 225 Å². The van der Waals surface area contributed by atoms with Crippen molar-refractivity contribution in [3.05, 3.63) is 145 Å². The van der Waals surface area contributed by atoms with E-state index < -0.39 is 5.54 Å². The molecule has 0 aliphatic heterocycles. The van der Waals surface area contributed by atoms with Crippen LogP contribution in [0.5, 0.6) is 11.5 Å². The largest absolute Gasteiger partial charge is 0.497 e. The van der Waals surface area contributed by atoms with Crippen LogP contribution in [-0.4, -0.2) is 14.2 Å². The van der Waals surface area contributed by atoms with E-state index in [0.29, 0.717) is 0 Å². The number of methoxy groups -OCH3 is 2. The van der Waals surface area contributed by atoms with E-state index >= 15 is 0 Å². The van der Waals surface area contributed by atoms with Crippen LogP contribution < -0.4 is 19.7 Å². The summed E-state index contributed by atoms with van der Waals surface area (Å²) in [5, 5.41) is 3.81. The molecule has 5 aromatic carbocycles. The van der Waals surface area contributed by atoms with Gasteiger partial charge in [0.15, 0.2) is 0 Å². The van der Waals surface area contributed by atoms with Crippen molar-refractivity contribution in [2.45, 2.75) is 12.5 Å². The van der Waals surface area contributed by atoms with Crippen LogP contribution in [0.15, 0.2) is 133 Å². The summed E-state index contributed by atoms with van der Waals surface area (Å²) in [6.07, 6.45) is 0. The molecule has 0 radical (unpaired) electrons. The summed E-state index contributed by atoms with van der Waals surface area (Å²) in [4.78, 5) is 2.26. The molecule has 4 heteroatoms. The minimum atomic E-state index is -0.487. The lowest BCUT2D eigenvalue weighted by Gasteiger charge is -2.34. The summed E-state index contributed by atoms with van der Waals surface area (Å²) in [7, 11) is 3.37. The SMILES string of the molecule is COc1ccc(C(C)(Nc2ccc(N(c3ccccc3)c3ccccc3)cc2)c2ccc(OC)cc2)cc1. The zero-order valence-electron chi connectivity index (χ0n) is 22.0. The fraction of sp³-hybridized carbons (Fsp3) is 0.118. The van der Waals surface area contributed by atoms with Gasteiger partial charge in [-0.3, -0.25) is 0 Å². The van der Waals surface area contributed by atoms with Crippen LogP contribution in [-0.2, 0) is 5.54 Å². The average molecular weight is 501 g/mol. The molecule has 0 atom stereocenters. The van der Waals surface area contributed by atoms with Crippen LogP contribution in [0.25, 0.3) is 0 Å². The van der Waals surface area contributed by atoms with E-state index in [9.17, 15) is 0 Å². The van der Waals surface area contributed by atoms with Crippen molar-refractivity contribution < 1.29 is 9.47 Å². The lowest BCUT2D eigenvalue weighted by molar-refractivity contribution is 0.414. The van der Waals surface area contributed by atoms with E-state index in [1.165, 1.54) is 0 Å². The Bertz CT molecular complexity index is 1350. The third kappa shape index (κ3) is 5.21. The third-order valence-electron chi connectivity index (χ3n) is 6.88. The van der Waals surface area contributed by atoms with E-state index in [1.807, 2.05) is 36.4 Å². The Balaban J connectivity index is 1.50. The van der Waals surface area contributed by atoms with Crippen LogP contribution in [0.3, 0.4) is 0 Å². The highest BCUT2D eigenvalue weighted by molar-refractivity contribution is 5.77. The maximum absolute atomic E-state index is 5.40. The first-order valence-electron chi connectivity index (χ1n) is 12.7. The molecule has 0 aromatic heterocycles. The Morgan fingerprint density at radius 1 is 0.500 bits per heavy atom. The molecule has 4 nitrogen and oxygen atoms in total. The normalized spacial score (nSPS) is 11.0. The Hall–Kier alpha value is -4.70. The molecule has 0 unspecified atom stereocenters. The number of nitrogens with zero attached hydrogens (tertiary/aromatic N) is 1. The number of hydrogen-bond donors (Lipinski definition) is 1. The molecule has 1 N–H and O–H groups in total. The van der Waals surface area contributed by atoms with Crippen molar-refractivity contribution in [3.63, 3.8) is 0 Å². The molecule has 0 amide bonds. The zero-order chi connectivity index (χ0) is 26.4. The Kier molecular flexibility index (Phi) is 7.32.